The van der Waals surface area contributed by atoms with Crippen molar-refractivity contribution < 1.29 is 0 Å². The third-order valence-corrected chi connectivity index (χ3v) is 4.41. The number of thiophene rings is 1. The zero-order valence-corrected chi connectivity index (χ0v) is 12.8. The standard InChI is InChI=1S/C16H22N2S/c1-4-6-14(18-5-2)16-8-7-15(19-16)13-9-12(3)10-17-11-13/h7-11,14,18H,4-6H2,1-3H3. The first kappa shape index (κ1) is 14.2. The zero-order chi connectivity index (χ0) is 13.7. The lowest BCUT2D eigenvalue weighted by Gasteiger charge is -2.15. The van der Waals surface area contributed by atoms with Crippen molar-refractivity contribution in [1.29, 1.82) is 0 Å². The summed E-state index contributed by atoms with van der Waals surface area (Å²) in [4.78, 5) is 7.02. The Kier molecular flexibility index (Phi) is 5.11. The Labute approximate surface area is 119 Å². The third-order valence-electron chi connectivity index (χ3n) is 3.16. The van der Waals surface area contributed by atoms with E-state index in [1.54, 1.807) is 0 Å². The summed E-state index contributed by atoms with van der Waals surface area (Å²) in [7, 11) is 0. The van der Waals surface area contributed by atoms with Crippen molar-refractivity contribution >= 4 is 11.3 Å². The molecule has 0 saturated heterocycles. The third kappa shape index (κ3) is 3.64. The molecule has 2 nitrogen and oxygen atoms in total. The fourth-order valence-corrected chi connectivity index (χ4v) is 3.36. The molecule has 0 bridgehead atoms. The minimum absolute atomic E-state index is 0.492. The van der Waals surface area contributed by atoms with Gasteiger partial charge in [-0.05, 0) is 43.7 Å². The van der Waals surface area contributed by atoms with Gasteiger partial charge in [-0.3, -0.25) is 4.98 Å². The maximum Gasteiger partial charge on any atom is 0.0414 e. The molecule has 1 N–H and O–H groups in total. The van der Waals surface area contributed by atoms with E-state index in [4.69, 9.17) is 0 Å². The van der Waals surface area contributed by atoms with Gasteiger partial charge in [-0.15, -0.1) is 11.3 Å². The van der Waals surface area contributed by atoms with E-state index in [0.717, 1.165) is 6.54 Å². The normalized spacial score (nSPS) is 12.6. The van der Waals surface area contributed by atoms with E-state index < -0.39 is 0 Å². The van der Waals surface area contributed by atoms with Gasteiger partial charge in [0.1, 0.15) is 0 Å². The number of nitrogens with zero attached hydrogens (tertiary/aromatic N) is 1. The summed E-state index contributed by atoms with van der Waals surface area (Å²) in [5.41, 5.74) is 2.44. The Hall–Kier alpha value is -1.19. The number of hydrogen-bond acceptors (Lipinski definition) is 3. The van der Waals surface area contributed by atoms with Crippen molar-refractivity contribution in [2.24, 2.45) is 0 Å². The van der Waals surface area contributed by atoms with Crippen molar-refractivity contribution in [3.05, 3.63) is 41.0 Å². The van der Waals surface area contributed by atoms with Crippen molar-refractivity contribution in [3.8, 4) is 10.4 Å². The molecule has 2 rings (SSSR count). The first-order chi connectivity index (χ1) is 9.24. The Morgan fingerprint density at radius 2 is 2.11 bits per heavy atom. The van der Waals surface area contributed by atoms with E-state index in [2.05, 4.69) is 49.3 Å². The fourth-order valence-electron chi connectivity index (χ4n) is 2.26. The molecule has 0 aliphatic rings. The van der Waals surface area contributed by atoms with Crippen molar-refractivity contribution in [3.63, 3.8) is 0 Å². The predicted molar refractivity (Wildman–Crippen MR) is 83.6 cm³/mol. The molecule has 0 amide bonds. The minimum atomic E-state index is 0.492. The molecule has 0 saturated carbocycles. The average molecular weight is 274 g/mol. The van der Waals surface area contributed by atoms with Crippen molar-refractivity contribution in [1.82, 2.24) is 10.3 Å². The van der Waals surface area contributed by atoms with Gasteiger partial charge in [0.15, 0.2) is 0 Å². The maximum atomic E-state index is 4.28. The highest BCUT2D eigenvalue weighted by Crippen LogP contribution is 2.32. The van der Waals surface area contributed by atoms with E-state index in [1.165, 1.54) is 33.7 Å². The number of pyridine rings is 1. The lowest BCUT2D eigenvalue weighted by Crippen LogP contribution is -2.19. The maximum absolute atomic E-state index is 4.28. The monoisotopic (exact) mass is 274 g/mol. The van der Waals surface area contributed by atoms with Gasteiger partial charge in [-0.25, -0.2) is 0 Å². The largest absolute Gasteiger partial charge is 0.310 e. The quantitative estimate of drug-likeness (QED) is 0.834. The van der Waals surface area contributed by atoms with Crippen LogP contribution in [-0.4, -0.2) is 11.5 Å². The van der Waals surface area contributed by atoms with E-state index in [1.807, 2.05) is 23.7 Å². The fraction of sp³-hybridized carbons (Fsp3) is 0.438. The van der Waals surface area contributed by atoms with Crippen LogP contribution in [0.4, 0.5) is 0 Å². The van der Waals surface area contributed by atoms with Crippen molar-refractivity contribution in [2.45, 2.75) is 39.7 Å². The molecule has 19 heavy (non-hydrogen) atoms. The lowest BCUT2D eigenvalue weighted by molar-refractivity contribution is 0.516. The summed E-state index contributed by atoms with van der Waals surface area (Å²) < 4.78 is 0. The van der Waals surface area contributed by atoms with Crippen LogP contribution >= 0.6 is 11.3 Å². The van der Waals surface area contributed by atoms with Crippen LogP contribution in [0.2, 0.25) is 0 Å². The van der Waals surface area contributed by atoms with Gasteiger partial charge in [0.2, 0.25) is 0 Å². The number of rotatable bonds is 6. The van der Waals surface area contributed by atoms with Gasteiger partial charge >= 0.3 is 0 Å². The summed E-state index contributed by atoms with van der Waals surface area (Å²) in [6.45, 7) is 7.51. The van der Waals surface area contributed by atoms with E-state index in [9.17, 15) is 0 Å². The highest BCUT2D eigenvalue weighted by molar-refractivity contribution is 7.15. The molecule has 2 heterocycles. The molecule has 0 aromatic carbocycles. The topological polar surface area (TPSA) is 24.9 Å². The van der Waals surface area contributed by atoms with Gasteiger partial charge in [-0.2, -0.15) is 0 Å². The highest BCUT2D eigenvalue weighted by Gasteiger charge is 2.12. The first-order valence-electron chi connectivity index (χ1n) is 6.99. The zero-order valence-electron chi connectivity index (χ0n) is 11.9. The molecule has 1 unspecified atom stereocenters. The van der Waals surface area contributed by atoms with Crippen LogP contribution in [0, 0.1) is 6.92 Å². The first-order valence-corrected chi connectivity index (χ1v) is 7.81. The smallest absolute Gasteiger partial charge is 0.0414 e. The van der Waals surface area contributed by atoms with Crippen LogP contribution in [-0.2, 0) is 0 Å². The predicted octanol–water partition coefficient (Wildman–Crippen LogP) is 4.57. The number of hydrogen-bond donors (Lipinski definition) is 1. The van der Waals surface area contributed by atoms with Gasteiger partial charge < -0.3 is 5.32 Å². The van der Waals surface area contributed by atoms with E-state index in [0.29, 0.717) is 6.04 Å². The molecule has 0 aliphatic heterocycles. The summed E-state index contributed by atoms with van der Waals surface area (Å²) in [5, 5.41) is 3.57. The lowest BCUT2D eigenvalue weighted by atomic mass is 10.1. The molecule has 0 aliphatic carbocycles. The molecule has 102 valence electrons. The SMILES string of the molecule is CCCC(NCC)c1ccc(-c2cncc(C)c2)s1. The number of aromatic nitrogens is 1. The Balaban J connectivity index is 2.22. The highest BCUT2D eigenvalue weighted by atomic mass is 32.1. The number of aryl methyl sites for hydroxylation is 1. The summed E-state index contributed by atoms with van der Waals surface area (Å²) in [6, 6.07) is 7.17. The van der Waals surface area contributed by atoms with Crippen LogP contribution in [0.25, 0.3) is 10.4 Å². The summed E-state index contributed by atoms with van der Waals surface area (Å²) in [5.74, 6) is 0. The minimum Gasteiger partial charge on any atom is -0.310 e. The van der Waals surface area contributed by atoms with Crippen LogP contribution in [0.5, 0.6) is 0 Å². The molecule has 0 fully saturated rings. The Bertz CT molecular complexity index is 513. The van der Waals surface area contributed by atoms with Gasteiger partial charge in [-0.1, -0.05) is 20.3 Å². The molecule has 1 atom stereocenters. The van der Waals surface area contributed by atoms with E-state index in [-0.39, 0.29) is 0 Å². The average Bonchev–Trinajstić information content (AvgIpc) is 2.88. The Morgan fingerprint density at radius 1 is 1.26 bits per heavy atom. The molecule has 0 spiro atoms. The van der Waals surface area contributed by atoms with Crippen molar-refractivity contribution in [2.75, 3.05) is 6.54 Å². The van der Waals surface area contributed by atoms with E-state index >= 15 is 0 Å². The van der Waals surface area contributed by atoms with Gasteiger partial charge in [0, 0.05) is 33.8 Å². The molecule has 0 radical (unpaired) electrons. The second-order valence-electron chi connectivity index (χ2n) is 4.85. The second kappa shape index (κ2) is 6.83. The summed E-state index contributed by atoms with van der Waals surface area (Å²) >= 11 is 1.88. The molecular formula is C16H22N2S. The van der Waals surface area contributed by atoms with Crippen LogP contribution in [0.3, 0.4) is 0 Å². The molecule has 2 aromatic rings. The number of nitrogens with one attached hydrogen (secondary N) is 1. The molecule has 3 heteroatoms. The van der Waals surface area contributed by atoms with Gasteiger partial charge in [0.05, 0.1) is 0 Å². The Morgan fingerprint density at radius 3 is 2.79 bits per heavy atom. The van der Waals surface area contributed by atoms with Crippen LogP contribution < -0.4 is 5.32 Å². The van der Waals surface area contributed by atoms with Crippen LogP contribution in [0.1, 0.15) is 43.2 Å². The summed E-state index contributed by atoms with van der Waals surface area (Å²) in [6.07, 6.45) is 6.25. The van der Waals surface area contributed by atoms with Gasteiger partial charge in [0.25, 0.3) is 0 Å². The van der Waals surface area contributed by atoms with Crippen LogP contribution in [0.15, 0.2) is 30.6 Å². The second-order valence-corrected chi connectivity index (χ2v) is 5.97. The molecule has 2 aromatic heterocycles. The molecular weight excluding hydrogens is 252 g/mol.